The van der Waals surface area contributed by atoms with E-state index in [1.807, 2.05) is 13.0 Å². The van der Waals surface area contributed by atoms with E-state index >= 15 is 0 Å². The largest absolute Gasteiger partial charge is 0.354 e. The number of carbonyl (C=O) groups excluding carboxylic acids is 1. The number of hydrogen-bond acceptors (Lipinski definition) is 5. The van der Waals surface area contributed by atoms with E-state index < -0.39 is 0 Å². The zero-order chi connectivity index (χ0) is 15.4. The Morgan fingerprint density at radius 1 is 1.32 bits per heavy atom. The van der Waals surface area contributed by atoms with Crippen molar-refractivity contribution in [2.75, 3.05) is 12.3 Å². The third kappa shape index (κ3) is 3.50. The van der Waals surface area contributed by atoms with Gasteiger partial charge in [0.15, 0.2) is 4.34 Å². The Bertz CT molecular complexity index is 638. The normalized spacial score (nSPS) is 16.0. The van der Waals surface area contributed by atoms with E-state index in [-0.39, 0.29) is 11.3 Å². The van der Waals surface area contributed by atoms with Crippen LogP contribution in [0.5, 0.6) is 0 Å². The second-order valence-electron chi connectivity index (χ2n) is 5.65. The Morgan fingerprint density at radius 2 is 2.09 bits per heavy atom. The molecule has 4 nitrogen and oxygen atoms in total. The number of rotatable bonds is 6. The maximum Gasteiger partial charge on any atom is 0.230 e. The molecule has 0 radical (unpaired) electrons. The highest BCUT2D eigenvalue weighted by molar-refractivity contribution is 8.01. The number of amides is 1. The summed E-state index contributed by atoms with van der Waals surface area (Å²) in [6.45, 7) is 2.65. The van der Waals surface area contributed by atoms with Crippen LogP contribution in [0.15, 0.2) is 34.7 Å². The van der Waals surface area contributed by atoms with Gasteiger partial charge in [-0.3, -0.25) is 4.79 Å². The Hall–Kier alpha value is -1.40. The molecule has 1 saturated carbocycles. The molecule has 1 N–H and O–H groups in total. The minimum atomic E-state index is 0.0695. The van der Waals surface area contributed by atoms with Crippen molar-refractivity contribution in [1.82, 2.24) is 15.5 Å². The summed E-state index contributed by atoms with van der Waals surface area (Å²) in [6.07, 6.45) is 3.55. The lowest BCUT2D eigenvalue weighted by molar-refractivity contribution is -0.119. The zero-order valence-corrected chi connectivity index (χ0v) is 14.2. The monoisotopic (exact) mass is 333 g/mol. The van der Waals surface area contributed by atoms with E-state index in [0.717, 1.165) is 28.7 Å². The van der Waals surface area contributed by atoms with Crippen molar-refractivity contribution in [3.63, 3.8) is 0 Å². The van der Waals surface area contributed by atoms with Crippen LogP contribution in [0.4, 0.5) is 0 Å². The number of benzene rings is 1. The topological polar surface area (TPSA) is 54.9 Å². The molecule has 1 aliphatic carbocycles. The molecule has 0 spiro atoms. The molecule has 1 fully saturated rings. The second kappa shape index (κ2) is 6.79. The van der Waals surface area contributed by atoms with Gasteiger partial charge in [0.05, 0.1) is 5.75 Å². The second-order valence-corrected chi connectivity index (χ2v) is 8.06. The summed E-state index contributed by atoms with van der Waals surface area (Å²) in [4.78, 5) is 12.1. The van der Waals surface area contributed by atoms with Gasteiger partial charge in [0.2, 0.25) is 5.91 Å². The highest BCUT2D eigenvalue weighted by atomic mass is 32.2. The van der Waals surface area contributed by atoms with Crippen molar-refractivity contribution < 1.29 is 4.79 Å². The Kier molecular flexibility index (Phi) is 4.78. The van der Waals surface area contributed by atoms with Crippen molar-refractivity contribution in [3.8, 4) is 0 Å². The third-order valence-corrected chi connectivity index (χ3v) is 6.13. The molecule has 0 unspecified atom stereocenters. The molecule has 0 aliphatic heterocycles. The van der Waals surface area contributed by atoms with Crippen LogP contribution in [0.3, 0.4) is 0 Å². The van der Waals surface area contributed by atoms with Crippen molar-refractivity contribution in [2.45, 2.75) is 35.9 Å². The van der Waals surface area contributed by atoms with E-state index in [2.05, 4.69) is 39.8 Å². The average Bonchev–Trinajstić information content (AvgIpc) is 2.91. The van der Waals surface area contributed by atoms with Gasteiger partial charge in [-0.15, -0.1) is 10.2 Å². The number of nitrogens with one attached hydrogen (secondary N) is 1. The van der Waals surface area contributed by atoms with Gasteiger partial charge < -0.3 is 5.32 Å². The van der Waals surface area contributed by atoms with Crippen LogP contribution >= 0.6 is 23.1 Å². The smallest absolute Gasteiger partial charge is 0.230 e. The van der Waals surface area contributed by atoms with Gasteiger partial charge in [-0.1, -0.05) is 59.9 Å². The minimum Gasteiger partial charge on any atom is -0.354 e. The summed E-state index contributed by atoms with van der Waals surface area (Å²) in [7, 11) is 0. The van der Waals surface area contributed by atoms with E-state index in [4.69, 9.17) is 0 Å². The van der Waals surface area contributed by atoms with Gasteiger partial charge in [-0.05, 0) is 25.3 Å². The molecule has 22 heavy (non-hydrogen) atoms. The van der Waals surface area contributed by atoms with Gasteiger partial charge in [0.1, 0.15) is 5.01 Å². The predicted octanol–water partition coefficient (Wildman–Crippen LogP) is 3.18. The van der Waals surface area contributed by atoms with Gasteiger partial charge in [0.25, 0.3) is 0 Å². The summed E-state index contributed by atoms with van der Waals surface area (Å²) < 4.78 is 0.856. The number of hydrogen-bond donors (Lipinski definition) is 1. The number of nitrogens with zero attached hydrogens (tertiary/aromatic N) is 2. The molecular weight excluding hydrogens is 314 g/mol. The van der Waals surface area contributed by atoms with Gasteiger partial charge in [0, 0.05) is 12.0 Å². The molecule has 3 rings (SSSR count). The fourth-order valence-corrected chi connectivity index (χ4v) is 4.39. The molecule has 6 heteroatoms. The highest BCUT2D eigenvalue weighted by Crippen LogP contribution is 2.43. The first-order chi connectivity index (χ1) is 10.7. The van der Waals surface area contributed by atoms with Crippen LogP contribution in [-0.4, -0.2) is 28.4 Å². The van der Waals surface area contributed by atoms with Crippen molar-refractivity contribution in [2.24, 2.45) is 0 Å². The van der Waals surface area contributed by atoms with E-state index in [1.165, 1.54) is 35.1 Å². The molecule has 1 amide bonds. The van der Waals surface area contributed by atoms with Crippen LogP contribution < -0.4 is 5.32 Å². The molecule has 1 aromatic carbocycles. The summed E-state index contributed by atoms with van der Waals surface area (Å²) in [5, 5.41) is 12.0. The van der Waals surface area contributed by atoms with Crippen LogP contribution in [0.25, 0.3) is 0 Å². The standard InChI is InChI=1S/C16H19N3OS2/c1-12-18-19-15(22-12)21-10-14(20)17-11-16(8-5-9-16)13-6-3-2-4-7-13/h2-4,6-7H,5,8-11H2,1H3,(H,17,20). The van der Waals surface area contributed by atoms with Gasteiger partial charge in [-0.2, -0.15) is 0 Å². The lowest BCUT2D eigenvalue weighted by Gasteiger charge is -2.42. The SMILES string of the molecule is Cc1nnc(SCC(=O)NCC2(c3ccccc3)CCC2)s1. The van der Waals surface area contributed by atoms with Crippen molar-refractivity contribution in [3.05, 3.63) is 40.9 Å². The fourth-order valence-electron chi connectivity index (χ4n) is 2.75. The number of thioether (sulfide) groups is 1. The van der Waals surface area contributed by atoms with Crippen LogP contribution in [0.2, 0.25) is 0 Å². The van der Waals surface area contributed by atoms with Gasteiger partial charge >= 0.3 is 0 Å². The van der Waals surface area contributed by atoms with E-state index in [1.54, 1.807) is 0 Å². The summed E-state index contributed by atoms with van der Waals surface area (Å²) in [5.41, 5.74) is 1.48. The van der Waals surface area contributed by atoms with Crippen molar-refractivity contribution in [1.29, 1.82) is 0 Å². The Morgan fingerprint density at radius 3 is 2.68 bits per heavy atom. The first-order valence-electron chi connectivity index (χ1n) is 7.43. The quantitative estimate of drug-likeness (QED) is 0.825. The molecule has 0 saturated heterocycles. The van der Waals surface area contributed by atoms with E-state index in [0.29, 0.717) is 5.75 Å². The lowest BCUT2D eigenvalue weighted by atomic mass is 9.64. The molecule has 0 atom stereocenters. The third-order valence-electron chi connectivity index (χ3n) is 4.15. The fraction of sp³-hybridized carbons (Fsp3) is 0.438. The van der Waals surface area contributed by atoms with Crippen LogP contribution in [0.1, 0.15) is 29.8 Å². The van der Waals surface area contributed by atoms with Crippen molar-refractivity contribution >= 4 is 29.0 Å². The molecule has 0 bridgehead atoms. The summed E-state index contributed by atoms with van der Waals surface area (Å²) in [5.74, 6) is 0.472. The maximum absolute atomic E-state index is 12.1. The summed E-state index contributed by atoms with van der Waals surface area (Å²) >= 11 is 2.98. The first kappa shape index (κ1) is 15.5. The van der Waals surface area contributed by atoms with Crippen LogP contribution in [-0.2, 0) is 10.2 Å². The molecule has 1 aromatic heterocycles. The first-order valence-corrected chi connectivity index (χ1v) is 9.23. The van der Waals surface area contributed by atoms with E-state index in [9.17, 15) is 4.79 Å². The average molecular weight is 333 g/mol. The maximum atomic E-state index is 12.1. The number of aryl methyl sites for hydroxylation is 1. The zero-order valence-electron chi connectivity index (χ0n) is 12.5. The summed E-state index contributed by atoms with van der Waals surface area (Å²) in [6, 6.07) is 10.5. The number of carbonyl (C=O) groups is 1. The lowest BCUT2D eigenvalue weighted by Crippen LogP contribution is -2.46. The molecular formula is C16H19N3OS2. The Balaban J connectivity index is 1.51. The highest BCUT2D eigenvalue weighted by Gasteiger charge is 2.38. The molecule has 1 heterocycles. The van der Waals surface area contributed by atoms with Crippen LogP contribution in [0, 0.1) is 6.92 Å². The number of aromatic nitrogens is 2. The Labute approximate surface area is 138 Å². The predicted molar refractivity (Wildman–Crippen MR) is 90.4 cm³/mol. The molecule has 2 aromatic rings. The molecule has 1 aliphatic rings. The van der Waals surface area contributed by atoms with Gasteiger partial charge in [-0.25, -0.2) is 0 Å². The minimum absolute atomic E-state index is 0.0695. The molecule has 116 valence electrons.